The summed E-state index contributed by atoms with van der Waals surface area (Å²) in [6, 6.07) is 0. The molecule has 0 aromatic heterocycles. The van der Waals surface area contributed by atoms with Gasteiger partial charge in [0.15, 0.2) is 6.10 Å². The molecular weight excluding hydrogens is 781 g/mol. The Labute approximate surface area is 387 Å². The fraction of sp³-hybridized carbons (Fsp3) is 0.632. The molecule has 0 aliphatic carbocycles. The van der Waals surface area contributed by atoms with Crippen molar-refractivity contribution < 1.29 is 28.6 Å². The van der Waals surface area contributed by atoms with E-state index >= 15 is 0 Å². The Morgan fingerprint density at radius 1 is 0.349 bits per heavy atom. The van der Waals surface area contributed by atoms with Crippen LogP contribution in [0.1, 0.15) is 213 Å². The van der Waals surface area contributed by atoms with Crippen molar-refractivity contribution in [3.8, 4) is 0 Å². The van der Waals surface area contributed by atoms with Gasteiger partial charge in [-0.15, -0.1) is 0 Å². The van der Waals surface area contributed by atoms with Crippen LogP contribution in [-0.2, 0) is 28.6 Å². The minimum atomic E-state index is -0.808. The topological polar surface area (TPSA) is 78.9 Å². The van der Waals surface area contributed by atoms with E-state index in [-0.39, 0.29) is 37.5 Å². The summed E-state index contributed by atoms with van der Waals surface area (Å²) in [5, 5.41) is 0. The lowest BCUT2D eigenvalue weighted by Gasteiger charge is -2.18. The Morgan fingerprint density at radius 3 is 1.14 bits per heavy atom. The van der Waals surface area contributed by atoms with Gasteiger partial charge in [0.1, 0.15) is 13.2 Å². The summed E-state index contributed by atoms with van der Waals surface area (Å²) < 4.78 is 16.7. The molecule has 0 aromatic rings. The minimum Gasteiger partial charge on any atom is -0.462 e. The summed E-state index contributed by atoms with van der Waals surface area (Å²) in [4.78, 5) is 38.0. The van der Waals surface area contributed by atoms with E-state index in [1.165, 1.54) is 32.1 Å². The van der Waals surface area contributed by atoms with Gasteiger partial charge >= 0.3 is 17.9 Å². The summed E-state index contributed by atoms with van der Waals surface area (Å²) >= 11 is 0. The smallest absolute Gasteiger partial charge is 0.306 e. The fourth-order valence-electron chi connectivity index (χ4n) is 6.57. The highest BCUT2D eigenvalue weighted by Gasteiger charge is 2.19. The molecule has 0 heterocycles. The molecule has 0 aromatic carbocycles. The van der Waals surface area contributed by atoms with Crippen molar-refractivity contribution in [1.29, 1.82) is 0 Å². The van der Waals surface area contributed by atoms with Gasteiger partial charge in [0.05, 0.1) is 0 Å². The van der Waals surface area contributed by atoms with Gasteiger partial charge in [0.2, 0.25) is 0 Å². The van der Waals surface area contributed by atoms with E-state index in [9.17, 15) is 14.4 Å². The second-order valence-electron chi connectivity index (χ2n) is 16.4. The van der Waals surface area contributed by atoms with Crippen LogP contribution in [0.5, 0.6) is 0 Å². The van der Waals surface area contributed by atoms with E-state index in [0.29, 0.717) is 12.8 Å². The van der Waals surface area contributed by atoms with Gasteiger partial charge in [-0.25, -0.2) is 0 Å². The van der Waals surface area contributed by atoms with Crippen LogP contribution in [0, 0.1) is 0 Å². The molecule has 0 aliphatic rings. The van der Waals surface area contributed by atoms with E-state index in [2.05, 4.69) is 130 Å². The lowest BCUT2D eigenvalue weighted by molar-refractivity contribution is -0.167. The van der Waals surface area contributed by atoms with Crippen LogP contribution in [0.4, 0.5) is 0 Å². The van der Waals surface area contributed by atoms with Crippen molar-refractivity contribution in [1.82, 2.24) is 0 Å². The first-order valence-electron chi connectivity index (χ1n) is 25.5. The molecule has 6 heteroatoms. The van der Waals surface area contributed by atoms with Gasteiger partial charge < -0.3 is 14.2 Å². The average Bonchev–Trinajstić information content (AvgIpc) is 3.28. The quantitative estimate of drug-likeness (QED) is 0.0199. The van der Waals surface area contributed by atoms with Crippen molar-refractivity contribution in [2.75, 3.05) is 13.2 Å². The summed E-state index contributed by atoms with van der Waals surface area (Å²) in [7, 11) is 0. The third-order valence-electron chi connectivity index (χ3n) is 10.4. The first-order valence-corrected chi connectivity index (χ1v) is 25.5. The largest absolute Gasteiger partial charge is 0.462 e. The highest BCUT2D eigenvalue weighted by atomic mass is 16.6. The molecule has 63 heavy (non-hydrogen) atoms. The average molecular weight is 873 g/mol. The van der Waals surface area contributed by atoms with Crippen molar-refractivity contribution in [3.05, 3.63) is 109 Å². The second kappa shape index (κ2) is 50.7. The molecule has 0 saturated carbocycles. The Bertz CT molecular complexity index is 1330. The summed E-state index contributed by atoms with van der Waals surface area (Å²) in [5.41, 5.74) is 0. The standard InChI is InChI=1S/C57H92O6/c1-4-7-10-13-16-19-22-25-27-28-29-30-33-35-38-41-44-47-50-56(59)62-53-54(52-61-55(58)49-46-43-40-37-34-31-24-21-18-15-12-9-6-3)63-57(60)51-48-45-42-39-36-32-26-23-20-17-14-11-8-5-2/h8-9,11-12,15,17-18,20-22,24-30,32,54H,4-7,10,13-14,16,19,23,31,33-53H2,1-3H3/b11-8-,12-9-,18-15-,20-17-,24-21-,25-22-,28-27-,30-29-,32-26-. The lowest BCUT2D eigenvalue weighted by Crippen LogP contribution is -2.30. The first kappa shape index (κ1) is 59.1. The van der Waals surface area contributed by atoms with Crippen LogP contribution in [0.3, 0.4) is 0 Å². The van der Waals surface area contributed by atoms with Gasteiger partial charge in [0.25, 0.3) is 0 Å². The minimum absolute atomic E-state index is 0.107. The predicted molar refractivity (Wildman–Crippen MR) is 270 cm³/mol. The molecule has 0 amide bonds. The number of allylic oxidation sites excluding steroid dienone is 18. The van der Waals surface area contributed by atoms with Crippen molar-refractivity contribution in [2.24, 2.45) is 0 Å². The number of carbonyl (C=O) groups excluding carboxylic acids is 3. The van der Waals surface area contributed by atoms with Crippen LogP contribution in [0.2, 0.25) is 0 Å². The highest BCUT2D eigenvalue weighted by Crippen LogP contribution is 2.13. The normalized spacial score (nSPS) is 13.0. The molecule has 0 aliphatic heterocycles. The molecule has 0 bridgehead atoms. The maximum atomic E-state index is 12.8. The fourth-order valence-corrected chi connectivity index (χ4v) is 6.57. The van der Waals surface area contributed by atoms with Gasteiger partial charge in [-0.3, -0.25) is 14.4 Å². The van der Waals surface area contributed by atoms with Crippen molar-refractivity contribution >= 4 is 17.9 Å². The molecule has 0 fully saturated rings. The SMILES string of the molecule is CC\C=C/C=C\C=C/CCCCCCCC(=O)OCC(COC(=O)CCCCCCC\C=C/C=C\C=C/CCCCCCC)OC(=O)CCCCCC/C=C\C/C=C\C/C=C\CC. The molecule has 0 saturated heterocycles. The van der Waals surface area contributed by atoms with E-state index in [0.717, 1.165) is 141 Å². The zero-order valence-corrected chi connectivity index (χ0v) is 40.5. The zero-order valence-electron chi connectivity index (χ0n) is 40.5. The van der Waals surface area contributed by atoms with Gasteiger partial charge in [-0.05, 0) is 96.3 Å². The van der Waals surface area contributed by atoms with Crippen molar-refractivity contribution in [2.45, 2.75) is 219 Å². The van der Waals surface area contributed by atoms with Crippen molar-refractivity contribution in [3.63, 3.8) is 0 Å². The second-order valence-corrected chi connectivity index (χ2v) is 16.4. The zero-order chi connectivity index (χ0) is 45.8. The van der Waals surface area contributed by atoms with Crippen LogP contribution < -0.4 is 0 Å². The molecule has 1 unspecified atom stereocenters. The molecule has 1 atom stereocenters. The van der Waals surface area contributed by atoms with E-state index in [1.54, 1.807) is 0 Å². The number of carbonyl (C=O) groups is 3. The van der Waals surface area contributed by atoms with E-state index < -0.39 is 6.10 Å². The molecule has 0 radical (unpaired) electrons. The Balaban J connectivity index is 4.49. The maximum Gasteiger partial charge on any atom is 0.306 e. The highest BCUT2D eigenvalue weighted by molar-refractivity contribution is 5.71. The van der Waals surface area contributed by atoms with Crippen LogP contribution in [0.15, 0.2) is 109 Å². The van der Waals surface area contributed by atoms with Gasteiger partial charge in [0, 0.05) is 19.3 Å². The molecular formula is C57H92O6. The lowest BCUT2D eigenvalue weighted by atomic mass is 10.1. The van der Waals surface area contributed by atoms with E-state index in [4.69, 9.17) is 14.2 Å². The molecule has 0 N–H and O–H groups in total. The maximum absolute atomic E-state index is 12.8. The number of unbranched alkanes of at least 4 members (excludes halogenated alkanes) is 19. The third kappa shape index (κ3) is 49.0. The predicted octanol–water partition coefficient (Wildman–Crippen LogP) is 16.8. The number of hydrogen-bond acceptors (Lipinski definition) is 6. The van der Waals surface area contributed by atoms with E-state index in [1.807, 2.05) is 0 Å². The van der Waals surface area contributed by atoms with Gasteiger partial charge in [-0.1, -0.05) is 207 Å². The summed E-state index contributed by atoms with van der Waals surface area (Å²) in [6.07, 6.45) is 67.8. The molecule has 356 valence electrons. The van der Waals surface area contributed by atoms with Crippen LogP contribution in [-0.4, -0.2) is 37.2 Å². The number of ether oxygens (including phenoxy) is 3. The number of hydrogen-bond donors (Lipinski definition) is 0. The Kier molecular flexibility index (Phi) is 47.5. The Hall–Kier alpha value is -3.93. The number of esters is 3. The van der Waals surface area contributed by atoms with Gasteiger partial charge in [-0.2, -0.15) is 0 Å². The van der Waals surface area contributed by atoms with Crippen LogP contribution >= 0.6 is 0 Å². The molecule has 0 spiro atoms. The summed E-state index contributed by atoms with van der Waals surface area (Å²) in [6.45, 7) is 6.30. The number of rotatable bonds is 44. The Morgan fingerprint density at radius 2 is 0.698 bits per heavy atom. The first-order chi connectivity index (χ1) is 31.0. The monoisotopic (exact) mass is 873 g/mol. The summed E-state index contributed by atoms with van der Waals surface area (Å²) in [5.74, 6) is -0.975. The van der Waals surface area contributed by atoms with Crippen LogP contribution in [0.25, 0.3) is 0 Å². The third-order valence-corrected chi connectivity index (χ3v) is 10.4. The molecule has 0 rings (SSSR count). The molecule has 6 nitrogen and oxygen atoms in total.